The topological polar surface area (TPSA) is 53.6 Å². The minimum Gasteiger partial charge on any atom is -0.370 e. The Morgan fingerprint density at radius 3 is 2.55 bits per heavy atom. The van der Waals surface area contributed by atoms with Gasteiger partial charge in [-0.2, -0.15) is 0 Å². The number of hydrogen-bond donors (Lipinski definition) is 2. The maximum absolute atomic E-state index is 5.98. The maximum atomic E-state index is 5.98. The predicted octanol–water partition coefficient (Wildman–Crippen LogP) is 3.10. The first-order valence-electron chi connectivity index (χ1n) is 8.55. The van der Waals surface area contributed by atoms with Crippen molar-refractivity contribution in [2.75, 3.05) is 31.5 Å². The molecule has 0 spiro atoms. The lowest BCUT2D eigenvalue weighted by Gasteiger charge is -2.28. The van der Waals surface area contributed by atoms with Crippen molar-refractivity contribution in [3.8, 4) is 0 Å². The van der Waals surface area contributed by atoms with E-state index in [0.717, 1.165) is 25.2 Å². The number of benzene rings is 1. The van der Waals surface area contributed by atoms with E-state index in [9.17, 15) is 0 Å². The minimum absolute atomic E-state index is 0.509. The van der Waals surface area contributed by atoms with Crippen molar-refractivity contribution in [1.29, 1.82) is 0 Å². The van der Waals surface area contributed by atoms with Gasteiger partial charge in [0, 0.05) is 18.8 Å². The average molecular weight is 302 g/mol. The molecule has 1 aromatic rings. The van der Waals surface area contributed by atoms with Gasteiger partial charge in [-0.25, -0.2) is 0 Å². The second-order valence-corrected chi connectivity index (χ2v) is 6.37. The van der Waals surface area contributed by atoms with E-state index in [1.807, 2.05) is 0 Å². The van der Waals surface area contributed by atoms with Crippen LogP contribution in [0.3, 0.4) is 0 Å². The second-order valence-electron chi connectivity index (χ2n) is 6.37. The number of rotatable bonds is 6. The van der Waals surface area contributed by atoms with Crippen LogP contribution in [0.1, 0.15) is 38.7 Å². The highest BCUT2D eigenvalue weighted by Crippen LogP contribution is 2.12. The first-order chi connectivity index (χ1) is 10.7. The molecule has 1 aliphatic heterocycles. The molecule has 1 aromatic carbocycles. The van der Waals surface area contributed by atoms with Crippen molar-refractivity contribution < 1.29 is 0 Å². The summed E-state index contributed by atoms with van der Waals surface area (Å²) in [6.07, 6.45) is 5.12. The van der Waals surface area contributed by atoms with E-state index in [1.165, 1.54) is 37.9 Å². The van der Waals surface area contributed by atoms with Gasteiger partial charge in [-0.3, -0.25) is 4.99 Å². The van der Waals surface area contributed by atoms with E-state index in [4.69, 9.17) is 5.73 Å². The van der Waals surface area contributed by atoms with Crippen LogP contribution < -0.4 is 11.1 Å². The Morgan fingerprint density at radius 1 is 1.23 bits per heavy atom. The monoisotopic (exact) mass is 302 g/mol. The molecule has 0 bridgehead atoms. The van der Waals surface area contributed by atoms with Crippen LogP contribution in [-0.2, 0) is 6.42 Å². The van der Waals surface area contributed by atoms with Crippen LogP contribution in [0.25, 0.3) is 0 Å². The van der Waals surface area contributed by atoms with Crippen LogP contribution >= 0.6 is 0 Å². The van der Waals surface area contributed by atoms with Crippen LogP contribution in [0.5, 0.6) is 0 Å². The second kappa shape index (κ2) is 8.79. The minimum atomic E-state index is 0.509. The zero-order chi connectivity index (χ0) is 15.8. The van der Waals surface area contributed by atoms with Crippen molar-refractivity contribution >= 4 is 11.6 Å². The van der Waals surface area contributed by atoms with Gasteiger partial charge in [-0.15, -0.1) is 0 Å². The van der Waals surface area contributed by atoms with Crippen LogP contribution in [0.2, 0.25) is 0 Å². The molecule has 1 aliphatic rings. The van der Waals surface area contributed by atoms with Gasteiger partial charge in [-0.1, -0.05) is 32.4 Å². The van der Waals surface area contributed by atoms with Crippen LogP contribution in [-0.4, -0.2) is 37.0 Å². The highest BCUT2D eigenvalue weighted by Gasteiger charge is 2.13. The molecule has 1 heterocycles. The van der Waals surface area contributed by atoms with Gasteiger partial charge in [0.2, 0.25) is 0 Å². The van der Waals surface area contributed by atoms with Crippen molar-refractivity contribution in [3.05, 3.63) is 29.8 Å². The summed E-state index contributed by atoms with van der Waals surface area (Å²) in [5, 5.41) is 3.17. The number of aliphatic imine (C=N–C) groups is 1. The first-order valence-corrected chi connectivity index (χ1v) is 8.55. The van der Waals surface area contributed by atoms with Gasteiger partial charge >= 0.3 is 0 Å². The van der Waals surface area contributed by atoms with E-state index in [2.05, 4.69) is 53.3 Å². The summed E-state index contributed by atoms with van der Waals surface area (Å²) in [7, 11) is 0. The summed E-state index contributed by atoms with van der Waals surface area (Å²) in [5.74, 6) is 1.05. The van der Waals surface area contributed by atoms with Crippen molar-refractivity contribution in [1.82, 2.24) is 4.90 Å². The molecule has 0 amide bonds. The summed E-state index contributed by atoms with van der Waals surface area (Å²) < 4.78 is 0. The highest BCUT2D eigenvalue weighted by molar-refractivity contribution is 5.92. The summed E-state index contributed by atoms with van der Waals surface area (Å²) in [4.78, 5) is 7.04. The number of hydrogen-bond acceptors (Lipinski definition) is 2. The molecule has 1 unspecified atom stereocenters. The molecule has 122 valence electrons. The lowest BCUT2D eigenvalue weighted by molar-refractivity contribution is 0.203. The van der Waals surface area contributed by atoms with Crippen molar-refractivity contribution in [2.24, 2.45) is 16.6 Å². The Hall–Kier alpha value is -1.55. The molecule has 1 fully saturated rings. The van der Waals surface area contributed by atoms with Gasteiger partial charge in [-0.05, 0) is 56.0 Å². The zero-order valence-electron chi connectivity index (χ0n) is 14.0. The number of guanidine groups is 1. The molecule has 22 heavy (non-hydrogen) atoms. The van der Waals surface area contributed by atoms with Gasteiger partial charge in [0.05, 0.1) is 0 Å². The van der Waals surface area contributed by atoms with Crippen molar-refractivity contribution in [2.45, 2.75) is 39.5 Å². The molecule has 0 aromatic heterocycles. The Labute approximate surface area is 134 Å². The van der Waals surface area contributed by atoms with Crippen LogP contribution in [0.4, 0.5) is 5.69 Å². The number of anilines is 1. The summed E-state index contributed by atoms with van der Waals surface area (Å²) in [6.45, 7) is 8.80. The number of piperidine rings is 1. The molecular weight excluding hydrogens is 272 g/mol. The largest absolute Gasteiger partial charge is 0.370 e. The first kappa shape index (κ1) is 16.8. The number of likely N-dealkylation sites (tertiary alicyclic amines) is 1. The summed E-state index contributed by atoms with van der Waals surface area (Å²) >= 11 is 0. The Morgan fingerprint density at radius 2 is 1.91 bits per heavy atom. The van der Waals surface area contributed by atoms with E-state index in [-0.39, 0.29) is 0 Å². The fourth-order valence-corrected chi connectivity index (χ4v) is 2.91. The molecular formula is C18H30N4. The lowest BCUT2D eigenvalue weighted by Crippen LogP contribution is -2.34. The molecule has 4 nitrogen and oxygen atoms in total. The van der Waals surface area contributed by atoms with Crippen LogP contribution in [0.15, 0.2) is 29.3 Å². The third-order valence-corrected chi connectivity index (χ3v) is 4.23. The van der Waals surface area contributed by atoms with E-state index in [0.29, 0.717) is 11.9 Å². The van der Waals surface area contributed by atoms with Crippen LogP contribution in [0, 0.1) is 5.92 Å². The smallest absolute Gasteiger partial charge is 0.193 e. The number of nitrogens with two attached hydrogens (primary N) is 1. The highest BCUT2D eigenvalue weighted by atomic mass is 15.1. The molecule has 1 saturated heterocycles. The lowest BCUT2D eigenvalue weighted by atomic mass is 10.1. The molecule has 0 saturated carbocycles. The summed E-state index contributed by atoms with van der Waals surface area (Å²) in [5.41, 5.74) is 8.31. The van der Waals surface area contributed by atoms with Gasteiger partial charge in [0.1, 0.15) is 0 Å². The Balaban J connectivity index is 1.75. The molecule has 1 atom stereocenters. The molecule has 4 heteroatoms. The average Bonchev–Trinajstić information content (AvgIpc) is 2.55. The SMILES string of the molecule is CCc1ccc(NC(N)=NCC(C)CN2CCCCC2)cc1. The standard InChI is InChI=1S/C18H30N4/c1-3-16-7-9-17(10-8-16)21-18(19)20-13-15(2)14-22-11-5-4-6-12-22/h7-10,15H,3-6,11-14H2,1-2H3,(H3,19,20,21). The number of nitrogens with zero attached hydrogens (tertiary/aromatic N) is 2. The van der Waals surface area contributed by atoms with E-state index >= 15 is 0 Å². The van der Waals surface area contributed by atoms with Crippen molar-refractivity contribution in [3.63, 3.8) is 0 Å². The molecule has 0 aliphatic carbocycles. The molecule has 0 radical (unpaired) electrons. The van der Waals surface area contributed by atoms with E-state index in [1.54, 1.807) is 0 Å². The Bertz CT molecular complexity index is 460. The number of aryl methyl sites for hydroxylation is 1. The van der Waals surface area contributed by atoms with E-state index < -0.39 is 0 Å². The third kappa shape index (κ3) is 5.68. The predicted molar refractivity (Wildman–Crippen MR) is 95.4 cm³/mol. The van der Waals surface area contributed by atoms with Gasteiger partial charge in [0.25, 0.3) is 0 Å². The van der Waals surface area contributed by atoms with Gasteiger partial charge < -0.3 is 16.0 Å². The Kier molecular flexibility index (Phi) is 6.72. The third-order valence-electron chi connectivity index (χ3n) is 4.23. The zero-order valence-corrected chi connectivity index (χ0v) is 14.0. The van der Waals surface area contributed by atoms with Gasteiger partial charge in [0.15, 0.2) is 5.96 Å². The normalized spacial score (nSPS) is 18.2. The summed E-state index contributed by atoms with van der Waals surface area (Å²) in [6, 6.07) is 8.35. The molecule has 2 rings (SSSR count). The number of nitrogens with one attached hydrogen (secondary N) is 1. The quantitative estimate of drug-likeness (QED) is 0.627. The molecule has 3 N–H and O–H groups in total. The fourth-order valence-electron chi connectivity index (χ4n) is 2.91. The maximum Gasteiger partial charge on any atom is 0.193 e. The fraction of sp³-hybridized carbons (Fsp3) is 0.611.